The average molecular weight is 394 g/mol. The van der Waals surface area contributed by atoms with Crippen molar-refractivity contribution in [1.29, 1.82) is 0 Å². The largest absolute Gasteiger partial charge is 0.460 e. The third-order valence-electron chi connectivity index (χ3n) is 3.09. The summed E-state index contributed by atoms with van der Waals surface area (Å²) in [6.07, 6.45) is 1.93. The maximum absolute atomic E-state index is 12.2. The Balaban J connectivity index is 1.54. The molecule has 3 aromatic rings. The molecule has 10 heteroatoms. The number of rotatable bonds is 7. The van der Waals surface area contributed by atoms with E-state index >= 15 is 0 Å². The summed E-state index contributed by atoms with van der Waals surface area (Å²) in [5.74, 6) is 0.301. The van der Waals surface area contributed by atoms with Crippen LogP contribution in [0.5, 0.6) is 0 Å². The summed E-state index contributed by atoms with van der Waals surface area (Å²) in [5, 5.41) is 9.80. The first-order valence-electron chi connectivity index (χ1n) is 7.34. The lowest BCUT2D eigenvalue weighted by Gasteiger charge is -2.08. The lowest BCUT2D eigenvalue weighted by molar-refractivity contribution is 0.0527. The van der Waals surface area contributed by atoms with Crippen molar-refractivity contribution < 1.29 is 9.53 Å². The van der Waals surface area contributed by atoms with Crippen LogP contribution in [0.3, 0.4) is 0 Å². The zero-order valence-corrected chi connectivity index (χ0v) is 16.0. The van der Waals surface area contributed by atoms with Crippen LogP contribution in [0.25, 0.3) is 10.6 Å². The van der Waals surface area contributed by atoms with Gasteiger partial charge in [0.2, 0.25) is 0 Å². The number of anilines is 1. The average Bonchev–Trinajstić information content (AvgIpc) is 3.28. The highest BCUT2D eigenvalue weighted by Gasteiger charge is 2.19. The molecule has 0 aliphatic heterocycles. The lowest BCUT2D eigenvalue weighted by atomic mass is 10.3. The van der Waals surface area contributed by atoms with Crippen LogP contribution < -0.4 is 5.32 Å². The van der Waals surface area contributed by atoms with Crippen LogP contribution in [0, 0.1) is 6.92 Å². The fourth-order valence-corrected chi connectivity index (χ4v) is 3.79. The van der Waals surface area contributed by atoms with Gasteiger partial charge in [0.15, 0.2) is 10.0 Å². The van der Waals surface area contributed by atoms with Gasteiger partial charge in [0.05, 0.1) is 11.4 Å². The Morgan fingerprint density at radius 2 is 2.28 bits per heavy atom. The molecule has 0 amide bonds. The van der Waals surface area contributed by atoms with Crippen molar-refractivity contribution in [2.75, 3.05) is 24.7 Å². The van der Waals surface area contributed by atoms with E-state index in [9.17, 15) is 4.79 Å². The van der Waals surface area contributed by atoms with Gasteiger partial charge in [-0.1, -0.05) is 22.3 Å². The quantitative estimate of drug-likeness (QED) is 0.283. The van der Waals surface area contributed by atoms with E-state index in [2.05, 4.69) is 24.9 Å². The Hall–Kier alpha value is -2.04. The van der Waals surface area contributed by atoms with E-state index in [-0.39, 0.29) is 6.61 Å². The van der Waals surface area contributed by atoms with Gasteiger partial charge in [-0.05, 0) is 36.2 Å². The summed E-state index contributed by atoms with van der Waals surface area (Å²) in [4.78, 5) is 22.2. The van der Waals surface area contributed by atoms with Crippen LogP contribution in [-0.4, -0.2) is 44.9 Å². The summed E-state index contributed by atoms with van der Waals surface area (Å²) in [6.45, 7) is 2.59. The van der Waals surface area contributed by atoms with Crippen molar-refractivity contribution in [3.63, 3.8) is 0 Å². The molecule has 3 heterocycles. The fourth-order valence-electron chi connectivity index (χ4n) is 2.01. The third kappa shape index (κ3) is 4.53. The number of esters is 1. The number of thiophene rings is 1. The first-order valence-corrected chi connectivity index (χ1v) is 10.2. The van der Waals surface area contributed by atoms with Gasteiger partial charge < -0.3 is 10.1 Å². The second kappa shape index (κ2) is 8.37. The predicted molar refractivity (Wildman–Crippen MR) is 101 cm³/mol. The Labute approximate surface area is 157 Å². The molecule has 0 radical (unpaired) electrons. The molecule has 3 aromatic heterocycles. The van der Waals surface area contributed by atoms with Crippen LogP contribution in [0.15, 0.2) is 28.7 Å². The van der Waals surface area contributed by atoms with E-state index in [1.165, 1.54) is 23.1 Å². The standard InChI is InChI=1S/C15H15N5O2S3/c1-9-8-11(18-15(17-9)23-2)16-5-6-22-14(21)13-12(19-20-25-13)10-4-3-7-24-10/h3-4,7-8H,5-6H2,1-2H3,(H,16,17,18). The molecule has 130 valence electrons. The van der Waals surface area contributed by atoms with Crippen molar-refractivity contribution >= 4 is 46.4 Å². The Bertz CT molecular complexity index is 851. The highest BCUT2D eigenvalue weighted by Crippen LogP contribution is 2.28. The number of ether oxygens (including phenoxy) is 1. The molecule has 3 rings (SSSR count). The molecule has 0 bridgehead atoms. The predicted octanol–water partition coefficient (Wildman–Crippen LogP) is 3.36. The molecular weight excluding hydrogens is 378 g/mol. The molecule has 0 aliphatic rings. The second-order valence-electron chi connectivity index (χ2n) is 4.87. The lowest BCUT2D eigenvalue weighted by Crippen LogP contribution is -2.14. The maximum Gasteiger partial charge on any atom is 0.352 e. The van der Waals surface area contributed by atoms with Crippen molar-refractivity contribution in [3.05, 3.63) is 34.2 Å². The monoisotopic (exact) mass is 393 g/mol. The van der Waals surface area contributed by atoms with E-state index in [0.29, 0.717) is 28.1 Å². The Morgan fingerprint density at radius 1 is 1.40 bits per heavy atom. The van der Waals surface area contributed by atoms with Gasteiger partial charge in [0.25, 0.3) is 0 Å². The molecule has 7 nitrogen and oxygen atoms in total. The molecule has 0 aromatic carbocycles. The van der Waals surface area contributed by atoms with Crippen LogP contribution in [0.1, 0.15) is 15.4 Å². The van der Waals surface area contributed by atoms with Gasteiger partial charge in [0, 0.05) is 11.8 Å². The molecule has 0 aliphatic carbocycles. The van der Waals surface area contributed by atoms with Crippen LogP contribution in [0.2, 0.25) is 0 Å². The Kier molecular flexibility index (Phi) is 5.95. The van der Waals surface area contributed by atoms with E-state index < -0.39 is 5.97 Å². The maximum atomic E-state index is 12.2. The molecule has 0 saturated carbocycles. The summed E-state index contributed by atoms with van der Waals surface area (Å²) >= 11 is 4.04. The smallest absolute Gasteiger partial charge is 0.352 e. The first-order chi connectivity index (χ1) is 12.2. The number of thioether (sulfide) groups is 1. The van der Waals surface area contributed by atoms with E-state index in [4.69, 9.17) is 4.74 Å². The second-order valence-corrected chi connectivity index (χ2v) is 7.35. The molecule has 0 fully saturated rings. The molecule has 0 saturated heterocycles. The number of nitrogens with one attached hydrogen (secondary N) is 1. The minimum absolute atomic E-state index is 0.221. The minimum atomic E-state index is -0.413. The van der Waals surface area contributed by atoms with Crippen molar-refractivity contribution in [1.82, 2.24) is 19.6 Å². The molecular formula is C15H15N5O2S3. The third-order valence-corrected chi connectivity index (χ3v) is 5.22. The van der Waals surface area contributed by atoms with Gasteiger partial charge in [-0.3, -0.25) is 0 Å². The molecule has 1 N–H and O–H groups in total. The number of hydrogen-bond donors (Lipinski definition) is 1. The molecule has 0 atom stereocenters. The van der Waals surface area contributed by atoms with E-state index in [1.807, 2.05) is 36.8 Å². The number of aryl methyl sites for hydroxylation is 1. The normalized spacial score (nSPS) is 10.6. The fraction of sp³-hybridized carbons (Fsp3) is 0.267. The summed E-state index contributed by atoms with van der Waals surface area (Å²) in [6, 6.07) is 5.66. The van der Waals surface area contributed by atoms with Crippen molar-refractivity contribution in [2.24, 2.45) is 0 Å². The number of carbonyl (C=O) groups excluding carboxylic acids is 1. The zero-order valence-electron chi connectivity index (χ0n) is 13.6. The highest BCUT2D eigenvalue weighted by molar-refractivity contribution is 7.98. The summed E-state index contributed by atoms with van der Waals surface area (Å²) in [7, 11) is 0. The molecule has 0 unspecified atom stereocenters. The topological polar surface area (TPSA) is 89.9 Å². The van der Waals surface area contributed by atoms with E-state index in [0.717, 1.165) is 22.1 Å². The van der Waals surface area contributed by atoms with Gasteiger partial charge in [0.1, 0.15) is 18.1 Å². The van der Waals surface area contributed by atoms with Gasteiger partial charge in [-0.2, -0.15) is 0 Å². The van der Waals surface area contributed by atoms with Gasteiger partial charge >= 0.3 is 5.97 Å². The van der Waals surface area contributed by atoms with E-state index in [1.54, 1.807) is 0 Å². The minimum Gasteiger partial charge on any atom is -0.460 e. The van der Waals surface area contributed by atoms with Crippen molar-refractivity contribution in [2.45, 2.75) is 12.1 Å². The highest BCUT2D eigenvalue weighted by atomic mass is 32.2. The number of carbonyl (C=O) groups is 1. The van der Waals surface area contributed by atoms with Crippen LogP contribution >= 0.6 is 34.6 Å². The SMILES string of the molecule is CSc1nc(C)cc(NCCOC(=O)c2snnc2-c2cccs2)n1. The molecule has 25 heavy (non-hydrogen) atoms. The first kappa shape index (κ1) is 17.8. The molecule has 0 spiro atoms. The number of aromatic nitrogens is 4. The Morgan fingerprint density at radius 3 is 3.04 bits per heavy atom. The van der Waals surface area contributed by atoms with Gasteiger partial charge in [-0.25, -0.2) is 14.8 Å². The van der Waals surface area contributed by atoms with Crippen LogP contribution in [-0.2, 0) is 4.74 Å². The van der Waals surface area contributed by atoms with Crippen LogP contribution in [0.4, 0.5) is 5.82 Å². The summed E-state index contributed by atoms with van der Waals surface area (Å²) < 4.78 is 9.19. The number of hydrogen-bond acceptors (Lipinski definition) is 10. The zero-order chi connectivity index (χ0) is 17.6. The van der Waals surface area contributed by atoms with Gasteiger partial charge in [-0.15, -0.1) is 16.4 Å². The summed E-state index contributed by atoms with van der Waals surface area (Å²) in [5.41, 5.74) is 1.46. The number of nitrogens with zero attached hydrogens (tertiary/aromatic N) is 4. The van der Waals surface area contributed by atoms with Crippen molar-refractivity contribution in [3.8, 4) is 10.6 Å².